The van der Waals surface area contributed by atoms with Gasteiger partial charge in [-0.25, -0.2) is 8.42 Å². The Labute approximate surface area is 159 Å². The maximum atomic E-state index is 12.4. The lowest BCUT2D eigenvalue weighted by atomic mass is 10.2. The SMILES string of the molecule is O=C(CCN1C(=O)/C(=C/c2cccs2)SC1=S)N[C@H]1CCS(=O)(=O)C1. The number of amides is 2. The highest BCUT2D eigenvalue weighted by Crippen LogP contribution is 2.33. The predicted octanol–water partition coefficient (Wildman–Crippen LogP) is 1.64. The van der Waals surface area contributed by atoms with Crippen molar-refractivity contribution in [1.29, 1.82) is 0 Å². The Morgan fingerprint density at radius 3 is 2.92 bits per heavy atom. The van der Waals surface area contributed by atoms with Crippen molar-refractivity contribution in [3.05, 3.63) is 27.3 Å². The molecule has 10 heteroatoms. The topological polar surface area (TPSA) is 83.6 Å². The van der Waals surface area contributed by atoms with Crippen LogP contribution in [0.3, 0.4) is 0 Å². The van der Waals surface area contributed by atoms with Crippen molar-refractivity contribution in [2.45, 2.75) is 18.9 Å². The van der Waals surface area contributed by atoms with Gasteiger partial charge in [-0.15, -0.1) is 11.3 Å². The average molecular weight is 417 g/mol. The van der Waals surface area contributed by atoms with Gasteiger partial charge in [0.05, 0.1) is 16.4 Å². The van der Waals surface area contributed by atoms with Crippen molar-refractivity contribution in [2.75, 3.05) is 18.1 Å². The number of hydrogen-bond acceptors (Lipinski definition) is 7. The summed E-state index contributed by atoms with van der Waals surface area (Å²) in [6.07, 6.45) is 2.33. The van der Waals surface area contributed by atoms with E-state index in [1.807, 2.05) is 17.5 Å². The Balaban J connectivity index is 1.53. The first-order valence-corrected chi connectivity index (χ1v) is 11.6. The lowest BCUT2D eigenvalue weighted by Crippen LogP contribution is -2.38. The van der Waals surface area contributed by atoms with E-state index in [2.05, 4.69) is 5.32 Å². The van der Waals surface area contributed by atoms with E-state index in [4.69, 9.17) is 12.2 Å². The predicted molar refractivity (Wildman–Crippen MR) is 104 cm³/mol. The minimum atomic E-state index is -3.03. The fourth-order valence-electron chi connectivity index (χ4n) is 2.62. The van der Waals surface area contributed by atoms with Crippen LogP contribution in [0, 0.1) is 0 Å². The quantitative estimate of drug-likeness (QED) is 0.580. The Morgan fingerprint density at radius 2 is 2.28 bits per heavy atom. The zero-order valence-corrected chi connectivity index (χ0v) is 16.4. The third-order valence-corrected chi connectivity index (χ3v) is 7.82. The van der Waals surface area contributed by atoms with Crippen LogP contribution >= 0.6 is 35.3 Å². The van der Waals surface area contributed by atoms with Gasteiger partial charge in [-0.3, -0.25) is 14.5 Å². The lowest BCUT2D eigenvalue weighted by molar-refractivity contribution is -0.124. The fraction of sp³-hybridized carbons (Fsp3) is 0.400. The van der Waals surface area contributed by atoms with Gasteiger partial charge in [-0.1, -0.05) is 30.0 Å². The van der Waals surface area contributed by atoms with E-state index >= 15 is 0 Å². The monoisotopic (exact) mass is 416 g/mol. The molecule has 0 spiro atoms. The smallest absolute Gasteiger partial charge is 0.266 e. The molecule has 1 atom stereocenters. The van der Waals surface area contributed by atoms with Crippen LogP contribution in [0.2, 0.25) is 0 Å². The number of rotatable bonds is 5. The molecule has 2 saturated heterocycles. The molecule has 2 fully saturated rings. The minimum absolute atomic E-state index is 0.0106. The van der Waals surface area contributed by atoms with E-state index < -0.39 is 9.84 Å². The summed E-state index contributed by atoms with van der Waals surface area (Å²) in [6, 6.07) is 3.49. The van der Waals surface area contributed by atoms with Gasteiger partial charge in [0.1, 0.15) is 4.32 Å². The zero-order valence-electron chi connectivity index (χ0n) is 13.1. The lowest BCUT2D eigenvalue weighted by Gasteiger charge is -2.15. The van der Waals surface area contributed by atoms with Gasteiger partial charge in [-0.2, -0.15) is 0 Å². The molecule has 0 saturated carbocycles. The molecule has 1 N–H and O–H groups in total. The standard InChI is InChI=1S/C15H16N2O4S4/c18-13(16-10-4-7-25(20,21)9-10)3-5-17-14(19)12(24-15(17)22)8-11-2-1-6-23-11/h1-2,6,8,10H,3-5,7,9H2,(H,16,18)/b12-8-/t10-/m0/s1. The van der Waals surface area contributed by atoms with Crippen LogP contribution in [0.25, 0.3) is 6.08 Å². The summed E-state index contributed by atoms with van der Waals surface area (Å²) in [7, 11) is -3.03. The molecule has 3 rings (SSSR count). The number of thiophene rings is 1. The van der Waals surface area contributed by atoms with Gasteiger partial charge in [0, 0.05) is 23.9 Å². The largest absolute Gasteiger partial charge is 0.352 e. The first-order valence-electron chi connectivity index (χ1n) is 7.63. The Bertz CT molecular complexity index is 830. The molecule has 6 nitrogen and oxygen atoms in total. The molecule has 0 aliphatic carbocycles. The van der Waals surface area contributed by atoms with E-state index in [1.165, 1.54) is 28.0 Å². The number of nitrogens with one attached hydrogen (secondary N) is 1. The molecule has 3 heterocycles. The number of carbonyl (C=O) groups excluding carboxylic acids is 2. The van der Waals surface area contributed by atoms with E-state index in [9.17, 15) is 18.0 Å². The van der Waals surface area contributed by atoms with E-state index in [1.54, 1.807) is 6.08 Å². The second kappa shape index (κ2) is 7.56. The Kier molecular flexibility index (Phi) is 5.62. The van der Waals surface area contributed by atoms with Gasteiger partial charge in [0.2, 0.25) is 5.91 Å². The Morgan fingerprint density at radius 1 is 1.48 bits per heavy atom. The molecule has 1 aromatic rings. The molecule has 0 aromatic carbocycles. The summed E-state index contributed by atoms with van der Waals surface area (Å²) < 4.78 is 23.3. The van der Waals surface area contributed by atoms with Crippen molar-refractivity contribution >= 4 is 67.4 Å². The zero-order chi connectivity index (χ0) is 18.0. The molecular formula is C15H16N2O4S4. The molecule has 2 aliphatic heterocycles. The van der Waals surface area contributed by atoms with Crippen molar-refractivity contribution in [3.8, 4) is 0 Å². The van der Waals surface area contributed by atoms with Crippen molar-refractivity contribution in [2.24, 2.45) is 0 Å². The Hall–Kier alpha value is -1.23. The van der Waals surface area contributed by atoms with Crippen molar-refractivity contribution < 1.29 is 18.0 Å². The number of sulfone groups is 1. The molecule has 134 valence electrons. The summed E-state index contributed by atoms with van der Waals surface area (Å²) in [5.74, 6) is -0.359. The second-order valence-corrected chi connectivity index (χ2v) is 10.7. The normalized spacial score (nSPS) is 24.2. The molecule has 2 aliphatic rings. The summed E-state index contributed by atoms with van der Waals surface area (Å²) in [5, 5.41) is 4.65. The first-order chi connectivity index (χ1) is 11.8. The van der Waals surface area contributed by atoms with Crippen LogP contribution in [0.4, 0.5) is 0 Å². The maximum Gasteiger partial charge on any atom is 0.266 e. The number of carbonyl (C=O) groups is 2. The third-order valence-electron chi connectivity index (χ3n) is 3.85. The number of nitrogens with zero attached hydrogens (tertiary/aromatic N) is 1. The molecule has 0 bridgehead atoms. The van der Waals surface area contributed by atoms with Gasteiger partial charge in [0.15, 0.2) is 9.84 Å². The molecule has 2 amide bonds. The van der Waals surface area contributed by atoms with Crippen LogP contribution in [-0.4, -0.2) is 53.5 Å². The van der Waals surface area contributed by atoms with E-state index in [-0.39, 0.29) is 42.3 Å². The highest BCUT2D eigenvalue weighted by atomic mass is 32.2. The molecular weight excluding hydrogens is 400 g/mol. The van der Waals surface area contributed by atoms with Gasteiger partial charge >= 0.3 is 0 Å². The van der Waals surface area contributed by atoms with E-state index in [0.29, 0.717) is 15.6 Å². The summed E-state index contributed by atoms with van der Waals surface area (Å²) >= 11 is 8.00. The van der Waals surface area contributed by atoms with Crippen LogP contribution in [0.15, 0.2) is 22.4 Å². The minimum Gasteiger partial charge on any atom is -0.352 e. The highest BCUT2D eigenvalue weighted by molar-refractivity contribution is 8.26. The second-order valence-electron chi connectivity index (χ2n) is 5.77. The number of thioether (sulfide) groups is 1. The third kappa shape index (κ3) is 4.69. The summed E-state index contributed by atoms with van der Waals surface area (Å²) in [4.78, 5) is 27.4. The van der Waals surface area contributed by atoms with Crippen LogP contribution in [0.1, 0.15) is 17.7 Å². The molecule has 25 heavy (non-hydrogen) atoms. The van der Waals surface area contributed by atoms with E-state index in [0.717, 1.165) is 4.88 Å². The highest BCUT2D eigenvalue weighted by Gasteiger charge is 2.33. The number of hydrogen-bond donors (Lipinski definition) is 1. The van der Waals surface area contributed by atoms with Crippen molar-refractivity contribution in [1.82, 2.24) is 10.2 Å². The fourth-order valence-corrected chi connectivity index (χ4v) is 6.32. The number of thiocarbonyl (C=S) groups is 1. The average Bonchev–Trinajstić information content (AvgIpc) is 3.21. The maximum absolute atomic E-state index is 12.4. The van der Waals surface area contributed by atoms with Gasteiger partial charge in [-0.05, 0) is 23.9 Å². The molecule has 0 unspecified atom stereocenters. The summed E-state index contributed by atoms with van der Waals surface area (Å²) in [5.41, 5.74) is 0. The van der Waals surface area contributed by atoms with Crippen molar-refractivity contribution in [3.63, 3.8) is 0 Å². The van der Waals surface area contributed by atoms with Gasteiger partial charge in [0.25, 0.3) is 5.91 Å². The first kappa shape index (κ1) is 18.6. The molecule has 0 radical (unpaired) electrons. The van der Waals surface area contributed by atoms with Gasteiger partial charge < -0.3 is 5.32 Å². The van der Waals surface area contributed by atoms with Crippen LogP contribution in [0.5, 0.6) is 0 Å². The van der Waals surface area contributed by atoms with Crippen LogP contribution in [-0.2, 0) is 19.4 Å². The molecule has 1 aromatic heterocycles. The van der Waals surface area contributed by atoms with Crippen LogP contribution < -0.4 is 5.32 Å². The summed E-state index contributed by atoms with van der Waals surface area (Å²) in [6.45, 7) is 0.192.